The van der Waals surface area contributed by atoms with E-state index in [4.69, 9.17) is 4.42 Å². The van der Waals surface area contributed by atoms with E-state index in [1.807, 2.05) is 31.2 Å². The molecular formula is C17H18BrNO2. The fourth-order valence-electron chi connectivity index (χ4n) is 2.83. The summed E-state index contributed by atoms with van der Waals surface area (Å²) in [4.78, 5) is 14.5. The fraction of sp³-hybridized carbons (Fsp3) is 0.353. The Labute approximate surface area is 132 Å². The van der Waals surface area contributed by atoms with Crippen LogP contribution in [0.15, 0.2) is 39.6 Å². The van der Waals surface area contributed by atoms with Crippen molar-refractivity contribution in [2.24, 2.45) is 0 Å². The van der Waals surface area contributed by atoms with Gasteiger partial charge in [-0.2, -0.15) is 0 Å². The average molecular weight is 348 g/mol. The van der Waals surface area contributed by atoms with Crippen LogP contribution >= 0.6 is 15.9 Å². The standard InChI is InChI=1S/C17H18BrNO2/c1-11(18)16-15(12-7-9-19(2)10-8-12)13-5-3-4-6-14(13)17(20)21-16/h3-7,11H,8-10H2,1-2H3. The third-order valence-electron chi connectivity index (χ3n) is 3.96. The number of halogens is 1. The summed E-state index contributed by atoms with van der Waals surface area (Å²) in [5.74, 6) is 0.731. The van der Waals surface area contributed by atoms with Crippen molar-refractivity contribution in [1.82, 2.24) is 4.90 Å². The minimum absolute atomic E-state index is 0.00497. The van der Waals surface area contributed by atoms with Crippen molar-refractivity contribution in [1.29, 1.82) is 0 Å². The van der Waals surface area contributed by atoms with Crippen LogP contribution in [0, 0.1) is 0 Å². The highest BCUT2D eigenvalue weighted by atomic mass is 79.9. The third-order valence-corrected chi connectivity index (χ3v) is 4.38. The number of rotatable bonds is 2. The molecule has 3 rings (SSSR count). The number of benzene rings is 1. The zero-order valence-corrected chi connectivity index (χ0v) is 13.8. The zero-order chi connectivity index (χ0) is 15.0. The Morgan fingerprint density at radius 2 is 2.00 bits per heavy atom. The van der Waals surface area contributed by atoms with E-state index in [2.05, 4.69) is 34.0 Å². The van der Waals surface area contributed by atoms with Crippen molar-refractivity contribution < 1.29 is 4.42 Å². The predicted octanol–water partition coefficient (Wildman–Crippen LogP) is 3.97. The second-order valence-electron chi connectivity index (χ2n) is 5.53. The number of likely N-dealkylation sites (N-methyl/N-ethyl adjacent to an activating group) is 1. The lowest BCUT2D eigenvalue weighted by atomic mass is 9.93. The Morgan fingerprint density at radius 1 is 1.29 bits per heavy atom. The van der Waals surface area contributed by atoms with Crippen LogP contribution in [-0.2, 0) is 0 Å². The molecule has 0 amide bonds. The van der Waals surface area contributed by atoms with Gasteiger partial charge in [-0.3, -0.25) is 0 Å². The second kappa shape index (κ2) is 5.78. The molecule has 1 unspecified atom stereocenters. The summed E-state index contributed by atoms with van der Waals surface area (Å²) >= 11 is 3.56. The summed E-state index contributed by atoms with van der Waals surface area (Å²) in [6.07, 6.45) is 3.21. The summed E-state index contributed by atoms with van der Waals surface area (Å²) in [5, 5.41) is 1.65. The SMILES string of the molecule is CC(Br)c1oc(=O)c2ccccc2c1C1=CCN(C)CC1. The number of hydrogen-bond donors (Lipinski definition) is 0. The van der Waals surface area contributed by atoms with Crippen LogP contribution in [0.3, 0.4) is 0 Å². The summed E-state index contributed by atoms with van der Waals surface area (Å²) in [7, 11) is 2.12. The van der Waals surface area contributed by atoms with Crippen molar-refractivity contribution >= 4 is 32.3 Å². The molecule has 0 bridgehead atoms. The first-order chi connectivity index (χ1) is 10.1. The van der Waals surface area contributed by atoms with Gasteiger partial charge in [0.25, 0.3) is 0 Å². The number of hydrogen-bond acceptors (Lipinski definition) is 3. The van der Waals surface area contributed by atoms with Crippen LogP contribution in [-0.4, -0.2) is 25.0 Å². The highest BCUT2D eigenvalue weighted by Crippen LogP contribution is 2.36. The smallest absolute Gasteiger partial charge is 0.343 e. The van der Waals surface area contributed by atoms with Crippen molar-refractivity contribution in [3.8, 4) is 0 Å². The first kappa shape index (κ1) is 14.5. The van der Waals surface area contributed by atoms with Gasteiger partial charge in [-0.15, -0.1) is 0 Å². The van der Waals surface area contributed by atoms with Crippen LogP contribution in [0.5, 0.6) is 0 Å². The maximum atomic E-state index is 12.2. The molecule has 0 N–H and O–H groups in total. The molecule has 1 aromatic heterocycles. The molecule has 1 atom stereocenters. The van der Waals surface area contributed by atoms with E-state index in [0.717, 1.165) is 36.2 Å². The van der Waals surface area contributed by atoms with Gasteiger partial charge in [0.05, 0.1) is 10.2 Å². The van der Waals surface area contributed by atoms with Gasteiger partial charge in [0.1, 0.15) is 5.76 Å². The van der Waals surface area contributed by atoms with Crippen LogP contribution in [0.25, 0.3) is 16.3 Å². The molecule has 4 heteroatoms. The van der Waals surface area contributed by atoms with E-state index >= 15 is 0 Å². The molecule has 3 nitrogen and oxygen atoms in total. The van der Waals surface area contributed by atoms with E-state index in [1.54, 1.807) is 0 Å². The molecule has 0 fully saturated rings. The quantitative estimate of drug-likeness (QED) is 0.770. The molecule has 2 aromatic rings. The number of fused-ring (bicyclic) bond motifs is 1. The Kier molecular flexibility index (Phi) is 4.00. The lowest BCUT2D eigenvalue weighted by Gasteiger charge is -2.24. The molecule has 21 heavy (non-hydrogen) atoms. The summed E-state index contributed by atoms with van der Waals surface area (Å²) < 4.78 is 5.61. The van der Waals surface area contributed by atoms with Gasteiger partial charge >= 0.3 is 5.63 Å². The molecule has 1 aromatic carbocycles. The maximum Gasteiger partial charge on any atom is 0.343 e. The minimum Gasteiger partial charge on any atom is -0.426 e. The summed E-state index contributed by atoms with van der Waals surface area (Å²) in [5.41, 5.74) is 2.10. The van der Waals surface area contributed by atoms with Gasteiger partial charge < -0.3 is 9.32 Å². The van der Waals surface area contributed by atoms with Crippen molar-refractivity contribution in [2.75, 3.05) is 20.1 Å². The topological polar surface area (TPSA) is 33.5 Å². The Hall–Kier alpha value is -1.39. The predicted molar refractivity (Wildman–Crippen MR) is 89.9 cm³/mol. The van der Waals surface area contributed by atoms with Gasteiger partial charge in [-0.25, -0.2) is 4.79 Å². The van der Waals surface area contributed by atoms with Gasteiger partial charge in [0, 0.05) is 18.7 Å². The monoisotopic (exact) mass is 347 g/mol. The van der Waals surface area contributed by atoms with Crippen molar-refractivity contribution in [3.63, 3.8) is 0 Å². The van der Waals surface area contributed by atoms with Crippen LogP contribution < -0.4 is 5.63 Å². The molecule has 1 aliphatic heterocycles. The van der Waals surface area contributed by atoms with Crippen molar-refractivity contribution in [2.45, 2.75) is 18.2 Å². The Bertz CT molecular complexity index is 761. The lowest BCUT2D eigenvalue weighted by Crippen LogP contribution is -2.24. The molecule has 0 radical (unpaired) electrons. The van der Waals surface area contributed by atoms with Gasteiger partial charge in [0.2, 0.25) is 0 Å². The number of nitrogens with zero attached hydrogens (tertiary/aromatic N) is 1. The van der Waals surface area contributed by atoms with E-state index in [1.165, 1.54) is 5.57 Å². The largest absolute Gasteiger partial charge is 0.426 e. The Morgan fingerprint density at radius 3 is 2.62 bits per heavy atom. The minimum atomic E-state index is -0.260. The van der Waals surface area contributed by atoms with Gasteiger partial charge in [0.15, 0.2) is 0 Å². The normalized spacial score (nSPS) is 17.8. The molecule has 2 heterocycles. The molecule has 0 spiro atoms. The molecule has 0 aliphatic carbocycles. The average Bonchev–Trinajstić information content (AvgIpc) is 2.48. The van der Waals surface area contributed by atoms with Crippen LogP contribution in [0.1, 0.15) is 29.5 Å². The molecule has 0 saturated carbocycles. The molecule has 1 aliphatic rings. The second-order valence-corrected chi connectivity index (χ2v) is 6.91. The first-order valence-corrected chi connectivity index (χ1v) is 8.07. The summed E-state index contributed by atoms with van der Waals surface area (Å²) in [6.45, 7) is 3.94. The van der Waals surface area contributed by atoms with Crippen molar-refractivity contribution in [3.05, 3.63) is 52.1 Å². The highest BCUT2D eigenvalue weighted by Gasteiger charge is 2.21. The van der Waals surface area contributed by atoms with E-state index in [9.17, 15) is 4.79 Å². The Balaban J connectivity index is 2.31. The first-order valence-electron chi connectivity index (χ1n) is 7.15. The fourth-order valence-corrected chi connectivity index (χ4v) is 3.15. The zero-order valence-electron chi connectivity index (χ0n) is 12.2. The van der Waals surface area contributed by atoms with Crippen LogP contribution in [0.4, 0.5) is 0 Å². The number of alkyl halides is 1. The van der Waals surface area contributed by atoms with E-state index < -0.39 is 0 Å². The lowest BCUT2D eigenvalue weighted by molar-refractivity contribution is 0.369. The van der Waals surface area contributed by atoms with E-state index in [-0.39, 0.29) is 10.5 Å². The van der Waals surface area contributed by atoms with Crippen LogP contribution in [0.2, 0.25) is 0 Å². The van der Waals surface area contributed by atoms with E-state index in [0.29, 0.717) is 5.39 Å². The van der Waals surface area contributed by atoms with Gasteiger partial charge in [-0.1, -0.05) is 40.2 Å². The third kappa shape index (κ3) is 2.70. The molecule has 110 valence electrons. The summed E-state index contributed by atoms with van der Waals surface area (Å²) in [6, 6.07) is 7.70. The van der Waals surface area contributed by atoms with Gasteiger partial charge in [-0.05, 0) is 37.4 Å². The highest BCUT2D eigenvalue weighted by molar-refractivity contribution is 9.09. The molecular weight excluding hydrogens is 330 g/mol. The maximum absolute atomic E-state index is 12.2. The molecule has 0 saturated heterocycles.